The van der Waals surface area contributed by atoms with Crippen molar-refractivity contribution in [2.75, 3.05) is 13.2 Å². The highest BCUT2D eigenvalue weighted by Crippen LogP contribution is 2.22. The van der Waals surface area contributed by atoms with Crippen molar-refractivity contribution in [3.8, 4) is 5.75 Å². The number of benzene rings is 3. The summed E-state index contributed by atoms with van der Waals surface area (Å²) in [6, 6.07) is 24.3. The number of nitrogens with one attached hydrogen (secondary N) is 1. The molecule has 0 fully saturated rings. The Bertz CT molecular complexity index is 1260. The molecule has 35 heavy (non-hydrogen) atoms. The minimum atomic E-state index is -0.0430. The monoisotopic (exact) mass is 469 g/mol. The Hall–Kier alpha value is -3.60. The van der Waals surface area contributed by atoms with Crippen LogP contribution in [0.1, 0.15) is 59.9 Å². The molecule has 0 aliphatic heterocycles. The highest BCUT2D eigenvalue weighted by Gasteiger charge is 2.12. The first-order valence-corrected chi connectivity index (χ1v) is 12.6. The molecule has 1 N–H and O–H groups in total. The fourth-order valence-corrected chi connectivity index (χ4v) is 4.32. The molecule has 1 unspecified atom stereocenters. The van der Waals surface area contributed by atoms with Crippen molar-refractivity contribution in [1.82, 2.24) is 14.9 Å². The number of hydrogen-bond acceptors (Lipinski definition) is 3. The zero-order valence-corrected chi connectivity index (χ0v) is 21.0. The van der Waals surface area contributed by atoms with Crippen LogP contribution < -0.4 is 10.1 Å². The van der Waals surface area contributed by atoms with Crippen LogP contribution >= 0.6 is 0 Å². The molecule has 0 saturated heterocycles. The predicted molar refractivity (Wildman–Crippen MR) is 142 cm³/mol. The molecule has 5 nitrogen and oxygen atoms in total. The van der Waals surface area contributed by atoms with Crippen LogP contribution in [0.5, 0.6) is 5.75 Å². The number of rotatable bonds is 11. The SMILES string of the molecule is CCC(C)c1ccc(OCCCn2c(CCNC(=O)c3ccccc3C)nc3ccccc32)cc1. The lowest BCUT2D eigenvalue weighted by Crippen LogP contribution is -2.27. The number of aromatic nitrogens is 2. The van der Waals surface area contributed by atoms with E-state index in [-0.39, 0.29) is 5.91 Å². The summed E-state index contributed by atoms with van der Waals surface area (Å²) in [5.41, 5.74) is 5.14. The van der Waals surface area contributed by atoms with E-state index in [1.54, 1.807) is 0 Å². The van der Waals surface area contributed by atoms with Crippen molar-refractivity contribution in [1.29, 1.82) is 0 Å². The van der Waals surface area contributed by atoms with Gasteiger partial charge >= 0.3 is 0 Å². The number of amides is 1. The number of aryl methyl sites for hydroxylation is 2. The number of imidazole rings is 1. The van der Waals surface area contributed by atoms with Crippen LogP contribution in [-0.2, 0) is 13.0 Å². The third-order valence-corrected chi connectivity index (χ3v) is 6.61. The van der Waals surface area contributed by atoms with Crippen molar-refractivity contribution in [3.05, 3.63) is 95.3 Å². The molecule has 1 heterocycles. The lowest BCUT2D eigenvalue weighted by Gasteiger charge is -2.12. The van der Waals surface area contributed by atoms with E-state index >= 15 is 0 Å². The third-order valence-electron chi connectivity index (χ3n) is 6.61. The van der Waals surface area contributed by atoms with E-state index < -0.39 is 0 Å². The molecule has 0 aliphatic carbocycles. The Morgan fingerprint density at radius 1 is 1.03 bits per heavy atom. The van der Waals surface area contributed by atoms with Gasteiger partial charge in [0.1, 0.15) is 11.6 Å². The highest BCUT2D eigenvalue weighted by atomic mass is 16.5. The van der Waals surface area contributed by atoms with Crippen LogP contribution in [0.3, 0.4) is 0 Å². The van der Waals surface area contributed by atoms with Gasteiger partial charge in [0.2, 0.25) is 0 Å². The summed E-state index contributed by atoms with van der Waals surface area (Å²) in [4.78, 5) is 17.4. The van der Waals surface area contributed by atoms with Crippen LogP contribution in [0.25, 0.3) is 11.0 Å². The molecule has 182 valence electrons. The summed E-state index contributed by atoms with van der Waals surface area (Å²) in [7, 11) is 0. The van der Waals surface area contributed by atoms with E-state index in [9.17, 15) is 4.79 Å². The summed E-state index contributed by atoms with van der Waals surface area (Å²) in [6.45, 7) is 8.40. The zero-order valence-electron chi connectivity index (χ0n) is 21.0. The van der Waals surface area contributed by atoms with E-state index in [1.807, 2.05) is 49.4 Å². The number of nitrogens with zero attached hydrogens (tertiary/aromatic N) is 2. The standard InChI is InChI=1S/C30H35N3O2/c1-4-22(2)24-14-16-25(17-15-24)35-21-9-20-33-28-13-8-7-12-27(28)32-29(33)18-19-31-30(34)26-11-6-5-10-23(26)3/h5-8,10-17,22H,4,9,18-21H2,1-3H3,(H,31,34). The second-order valence-corrected chi connectivity index (χ2v) is 9.07. The number of fused-ring (bicyclic) bond motifs is 1. The molecule has 4 aromatic rings. The van der Waals surface area contributed by atoms with Gasteiger partial charge in [0.25, 0.3) is 5.91 Å². The summed E-state index contributed by atoms with van der Waals surface area (Å²) >= 11 is 0. The maximum Gasteiger partial charge on any atom is 0.251 e. The maximum absolute atomic E-state index is 12.6. The van der Waals surface area contributed by atoms with Crippen molar-refractivity contribution in [2.24, 2.45) is 0 Å². The average molecular weight is 470 g/mol. The molecule has 0 spiro atoms. The topological polar surface area (TPSA) is 56.1 Å². The van der Waals surface area contributed by atoms with Gasteiger partial charge in [-0.15, -0.1) is 0 Å². The average Bonchev–Trinajstić information content (AvgIpc) is 3.24. The number of carbonyl (C=O) groups is 1. The Morgan fingerprint density at radius 3 is 2.54 bits per heavy atom. The molecule has 5 heteroatoms. The summed E-state index contributed by atoms with van der Waals surface area (Å²) < 4.78 is 8.26. The highest BCUT2D eigenvalue weighted by molar-refractivity contribution is 5.95. The van der Waals surface area contributed by atoms with Crippen LogP contribution in [0.2, 0.25) is 0 Å². The van der Waals surface area contributed by atoms with Gasteiger partial charge in [0.05, 0.1) is 17.6 Å². The molecule has 1 atom stereocenters. The van der Waals surface area contributed by atoms with Crippen molar-refractivity contribution in [2.45, 2.75) is 52.5 Å². The van der Waals surface area contributed by atoms with E-state index in [1.165, 1.54) is 5.56 Å². The first kappa shape index (κ1) is 24.5. The van der Waals surface area contributed by atoms with Gasteiger partial charge in [-0.25, -0.2) is 4.98 Å². The number of ether oxygens (including phenoxy) is 1. The van der Waals surface area contributed by atoms with Crippen molar-refractivity contribution in [3.63, 3.8) is 0 Å². The molecule has 0 bridgehead atoms. The molecular weight excluding hydrogens is 434 g/mol. The van der Waals surface area contributed by atoms with E-state index in [0.29, 0.717) is 25.5 Å². The predicted octanol–water partition coefficient (Wildman–Crippen LogP) is 6.30. The van der Waals surface area contributed by atoms with Gasteiger partial charge in [-0.2, -0.15) is 0 Å². The Labute approximate surface area is 208 Å². The molecule has 1 aromatic heterocycles. The van der Waals surface area contributed by atoms with E-state index in [2.05, 4.69) is 54.1 Å². The third kappa shape index (κ3) is 6.10. The number of para-hydroxylation sites is 2. The molecule has 0 radical (unpaired) electrons. The Kier molecular flexibility index (Phi) is 8.19. The molecule has 0 aliphatic rings. The van der Waals surface area contributed by atoms with E-state index in [0.717, 1.165) is 53.1 Å². The lowest BCUT2D eigenvalue weighted by molar-refractivity contribution is 0.0953. The molecule has 1 amide bonds. The number of hydrogen-bond donors (Lipinski definition) is 1. The maximum atomic E-state index is 12.6. The van der Waals surface area contributed by atoms with Crippen LogP contribution in [0.15, 0.2) is 72.8 Å². The van der Waals surface area contributed by atoms with Crippen LogP contribution in [0.4, 0.5) is 0 Å². The fourth-order valence-electron chi connectivity index (χ4n) is 4.32. The van der Waals surface area contributed by atoms with Gasteiger partial charge in [0, 0.05) is 25.1 Å². The lowest BCUT2D eigenvalue weighted by atomic mass is 9.99. The van der Waals surface area contributed by atoms with E-state index in [4.69, 9.17) is 9.72 Å². The Morgan fingerprint density at radius 2 is 1.77 bits per heavy atom. The minimum Gasteiger partial charge on any atom is -0.494 e. The largest absolute Gasteiger partial charge is 0.494 e. The number of carbonyl (C=O) groups excluding carboxylic acids is 1. The molecule has 3 aromatic carbocycles. The fraction of sp³-hybridized carbons (Fsp3) is 0.333. The van der Waals surface area contributed by atoms with Gasteiger partial charge in [-0.3, -0.25) is 4.79 Å². The second-order valence-electron chi connectivity index (χ2n) is 9.07. The Balaban J connectivity index is 1.35. The molecular formula is C30H35N3O2. The van der Waals surface area contributed by atoms with Crippen molar-refractivity contribution < 1.29 is 9.53 Å². The quantitative estimate of drug-likeness (QED) is 0.262. The molecule has 4 rings (SSSR count). The summed E-state index contributed by atoms with van der Waals surface area (Å²) in [5.74, 6) is 2.41. The second kappa shape index (κ2) is 11.7. The van der Waals surface area contributed by atoms with Gasteiger partial charge < -0.3 is 14.6 Å². The molecule has 0 saturated carbocycles. The first-order chi connectivity index (χ1) is 17.1. The van der Waals surface area contributed by atoms with Gasteiger partial charge in [-0.1, -0.05) is 56.3 Å². The van der Waals surface area contributed by atoms with Gasteiger partial charge in [0.15, 0.2) is 0 Å². The van der Waals surface area contributed by atoms with Crippen molar-refractivity contribution >= 4 is 16.9 Å². The zero-order chi connectivity index (χ0) is 24.6. The summed E-state index contributed by atoms with van der Waals surface area (Å²) in [6.07, 6.45) is 2.68. The summed E-state index contributed by atoms with van der Waals surface area (Å²) in [5, 5.41) is 3.05. The normalized spacial score (nSPS) is 12.0. The first-order valence-electron chi connectivity index (χ1n) is 12.6. The smallest absolute Gasteiger partial charge is 0.251 e. The minimum absolute atomic E-state index is 0.0430. The van der Waals surface area contributed by atoms with Crippen LogP contribution in [0, 0.1) is 6.92 Å². The van der Waals surface area contributed by atoms with Gasteiger partial charge in [-0.05, 0) is 67.1 Å². The van der Waals surface area contributed by atoms with Crippen LogP contribution in [-0.4, -0.2) is 28.6 Å².